The van der Waals surface area contributed by atoms with Gasteiger partial charge in [-0.05, 0) is 17.7 Å². The zero-order valence-corrected chi connectivity index (χ0v) is 17.6. The zero-order chi connectivity index (χ0) is 20.6. The molecule has 0 spiro atoms. The molecule has 2 aromatic carbocycles. The number of carbonyl (C=O) groups is 1. The van der Waals surface area contributed by atoms with Gasteiger partial charge in [-0.25, -0.2) is 4.98 Å². The average Bonchev–Trinajstić information content (AvgIpc) is 3.30. The number of morpholine rings is 1. The summed E-state index contributed by atoms with van der Waals surface area (Å²) in [6.07, 6.45) is 0. The van der Waals surface area contributed by atoms with Gasteiger partial charge in [-0.2, -0.15) is 0 Å². The van der Waals surface area contributed by atoms with Crippen LogP contribution in [0.3, 0.4) is 0 Å². The molecule has 6 nitrogen and oxygen atoms in total. The Kier molecular flexibility index (Phi) is 7.07. The lowest BCUT2D eigenvalue weighted by molar-refractivity contribution is 0.0383. The van der Waals surface area contributed by atoms with Gasteiger partial charge in [0.1, 0.15) is 23.1 Å². The summed E-state index contributed by atoms with van der Waals surface area (Å²) in [4.78, 5) is 19.3. The van der Waals surface area contributed by atoms with Gasteiger partial charge in [0.15, 0.2) is 0 Å². The van der Waals surface area contributed by atoms with E-state index in [1.165, 1.54) is 11.3 Å². The van der Waals surface area contributed by atoms with E-state index in [1.807, 2.05) is 54.6 Å². The van der Waals surface area contributed by atoms with Gasteiger partial charge in [0, 0.05) is 31.6 Å². The highest BCUT2D eigenvalue weighted by molar-refractivity contribution is 7.13. The molecule has 2 heterocycles. The molecule has 4 rings (SSSR count). The summed E-state index contributed by atoms with van der Waals surface area (Å²) in [6.45, 7) is 5.25. The first-order valence-electron chi connectivity index (χ1n) is 10.1. The van der Waals surface area contributed by atoms with E-state index in [-0.39, 0.29) is 5.91 Å². The minimum atomic E-state index is -0.145. The number of para-hydroxylation sites is 1. The molecule has 7 heteroatoms. The van der Waals surface area contributed by atoms with E-state index in [9.17, 15) is 4.79 Å². The largest absolute Gasteiger partial charge is 0.488 e. The second-order valence-corrected chi connectivity index (χ2v) is 7.88. The summed E-state index contributed by atoms with van der Waals surface area (Å²) in [6, 6.07) is 17.8. The second-order valence-electron chi connectivity index (χ2n) is 7.02. The minimum absolute atomic E-state index is 0.145. The summed E-state index contributed by atoms with van der Waals surface area (Å²) >= 11 is 1.45. The molecule has 156 valence electrons. The number of hydrogen-bond acceptors (Lipinski definition) is 6. The molecule has 3 aromatic rings. The molecule has 1 aliphatic heterocycles. The normalized spacial score (nSPS) is 14.4. The van der Waals surface area contributed by atoms with Crippen LogP contribution in [-0.4, -0.2) is 55.2 Å². The molecule has 0 aliphatic carbocycles. The van der Waals surface area contributed by atoms with Crippen LogP contribution in [0.4, 0.5) is 0 Å². The van der Waals surface area contributed by atoms with E-state index in [4.69, 9.17) is 9.47 Å². The first-order chi connectivity index (χ1) is 14.8. The highest BCUT2D eigenvalue weighted by Crippen LogP contribution is 2.32. The van der Waals surface area contributed by atoms with Crippen LogP contribution < -0.4 is 10.1 Å². The number of carbonyl (C=O) groups excluding carboxylic acids is 1. The van der Waals surface area contributed by atoms with Gasteiger partial charge in [0.05, 0.1) is 18.8 Å². The van der Waals surface area contributed by atoms with Crippen molar-refractivity contribution in [2.45, 2.75) is 6.61 Å². The van der Waals surface area contributed by atoms with E-state index < -0.39 is 0 Å². The number of nitrogens with one attached hydrogen (secondary N) is 1. The number of ether oxygens (including phenoxy) is 2. The van der Waals surface area contributed by atoms with Crippen LogP contribution >= 0.6 is 11.3 Å². The molecular formula is C23H25N3O3S. The smallest absolute Gasteiger partial charge is 0.270 e. The molecule has 0 atom stereocenters. The average molecular weight is 424 g/mol. The minimum Gasteiger partial charge on any atom is -0.488 e. The monoisotopic (exact) mass is 423 g/mol. The van der Waals surface area contributed by atoms with Crippen LogP contribution in [0.25, 0.3) is 10.6 Å². The third-order valence-corrected chi connectivity index (χ3v) is 5.78. The quantitative estimate of drug-likeness (QED) is 0.601. The fraction of sp³-hybridized carbons (Fsp3) is 0.304. The van der Waals surface area contributed by atoms with Crippen molar-refractivity contribution in [3.05, 3.63) is 71.2 Å². The van der Waals surface area contributed by atoms with Gasteiger partial charge in [-0.1, -0.05) is 42.5 Å². The Morgan fingerprint density at radius 3 is 2.70 bits per heavy atom. The lowest BCUT2D eigenvalue weighted by Gasteiger charge is -2.26. The molecule has 0 saturated carbocycles. The van der Waals surface area contributed by atoms with Crippen molar-refractivity contribution in [2.75, 3.05) is 39.4 Å². The fourth-order valence-corrected chi connectivity index (χ4v) is 4.08. The van der Waals surface area contributed by atoms with Crippen molar-refractivity contribution in [2.24, 2.45) is 0 Å². The van der Waals surface area contributed by atoms with Crippen molar-refractivity contribution < 1.29 is 14.3 Å². The summed E-state index contributed by atoms with van der Waals surface area (Å²) in [5, 5.41) is 5.54. The lowest BCUT2D eigenvalue weighted by atomic mass is 10.2. The first-order valence-corrected chi connectivity index (χ1v) is 11.0. The van der Waals surface area contributed by atoms with Crippen LogP contribution in [0.15, 0.2) is 60.0 Å². The Hall–Kier alpha value is -2.74. The van der Waals surface area contributed by atoms with Crippen molar-refractivity contribution in [3.8, 4) is 16.3 Å². The molecular weight excluding hydrogens is 398 g/mol. The van der Waals surface area contributed by atoms with Crippen LogP contribution in [0.1, 0.15) is 16.1 Å². The van der Waals surface area contributed by atoms with Crippen LogP contribution in [0.5, 0.6) is 5.75 Å². The topological polar surface area (TPSA) is 63.7 Å². The fourth-order valence-electron chi connectivity index (χ4n) is 3.25. The third-order valence-electron chi connectivity index (χ3n) is 4.91. The molecule has 30 heavy (non-hydrogen) atoms. The van der Waals surface area contributed by atoms with Crippen molar-refractivity contribution >= 4 is 17.2 Å². The van der Waals surface area contributed by atoms with Crippen molar-refractivity contribution in [1.29, 1.82) is 0 Å². The molecule has 1 saturated heterocycles. The number of aromatic nitrogens is 1. The highest BCUT2D eigenvalue weighted by atomic mass is 32.1. The van der Waals surface area contributed by atoms with Gasteiger partial charge < -0.3 is 14.8 Å². The van der Waals surface area contributed by atoms with Crippen molar-refractivity contribution in [3.63, 3.8) is 0 Å². The molecule has 1 N–H and O–H groups in total. The standard InChI is InChI=1S/C23H25N3O3S/c27-22(24-10-11-26-12-14-28-15-13-26)20-17-30-23(25-20)19-8-4-5-9-21(19)29-16-18-6-2-1-3-7-18/h1-9,17H,10-16H2,(H,24,27). The maximum Gasteiger partial charge on any atom is 0.270 e. The van der Waals surface area contributed by atoms with Crippen LogP contribution in [-0.2, 0) is 11.3 Å². The van der Waals surface area contributed by atoms with E-state index in [1.54, 1.807) is 5.38 Å². The summed E-state index contributed by atoms with van der Waals surface area (Å²) in [5.41, 5.74) is 2.44. The Morgan fingerprint density at radius 1 is 1.10 bits per heavy atom. The molecule has 0 radical (unpaired) electrons. The predicted octanol–water partition coefficient (Wildman–Crippen LogP) is 3.45. The first kappa shape index (κ1) is 20.5. The van der Waals surface area contributed by atoms with Gasteiger partial charge >= 0.3 is 0 Å². The summed E-state index contributed by atoms with van der Waals surface area (Å²) in [5.74, 6) is 0.614. The second kappa shape index (κ2) is 10.3. The Labute approximate surface area is 180 Å². The van der Waals surface area contributed by atoms with Gasteiger partial charge in [-0.3, -0.25) is 9.69 Å². The van der Waals surface area contributed by atoms with E-state index >= 15 is 0 Å². The number of hydrogen-bond donors (Lipinski definition) is 1. The maximum atomic E-state index is 12.5. The Balaban J connectivity index is 1.36. The van der Waals surface area contributed by atoms with Gasteiger partial charge in [-0.15, -0.1) is 11.3 Å². The number of benzene rings is 2. The maximum absolute atomic E-state index is 12.5. The van der Waals surface area contributed by atoms with Gasteiger partial charge in [0.2, 0.25) is 0 Å². The predicted molar refractivity (Wildman–Crippen MR) is 118 cm³/mol. The highest BCUT2D eigenvalue weighted by Gasteiger charge is 2.15. The number of rotatable bonds is 8. The number of amides is 1. The van der Waals surface area contributed by atoms with Crippen molar-refractivity contribution in [1.82, 2.24) is 15.2 Å². The summed E-state index contributed by atoms with van der Waals surface area (Å²) in [7, 11) is 0. The van der Waals surface area contributed by atoms with E-state index in [0.717, 1.165) is 54.7 Å². The molecule has 0 unspecified atom stereocenters. The van der Waals surface area contributed by atoms with E-state index in [2.05, 4.69) is 15.2 Å². The molecule has 0 bridgehead atoms. The molecule has 1 aromatic heterocycles. The third kappa shape index (κ3) is 5.44. The van der Waals surface area contributed by atoms with Gasteiger partial charge in [0.25, 0.3) is 5.91 Å². The summed E-state index contributed by atoms with van der Waals surface area (Å²) < 4.78 is 11.4. The Bertz CT molecular complexity index is 955. The number of nitrogens with zero attached hydrogens (tertiary/aromatic N) is 2. The molecule has 1 aliphatic rings. The van der Waals surface area contributed by atoms with E-state index in [0.29, 0.717) is 18.8 Å². The van der Waals surface area contributed by atoms with Crippen LogP contribution in [0, 0.1) is 0 Å². The lowest BCUT2D eigenvalue weighted by Crippen LogP contribution is -2.41. The Morgan fingerprint density at radius 2 is 1.87 bits per heavy atom. The molecule has 1 fully saturated rings. The van der Waals surface area contributed by atoms with Crippen LogP contribution in [0.2, 0.25) is 0 Å². The molecule has 1 amide bonds. The SMILES string of the molecule is O=C(NCCN1CCOCC1)c1csc(-c2ccccc2OCc2ccccc2)n1. The number of thiazole rings is 1. The zero-order valence-electron chi connectivity index (χ0n) is 16.8.